The van der Waals surface area contributed by atoms with Gasteiger partial charge in [-0.3, -0.25) is 4.90 Å². The fourth-order valence-electron chi connectivity index (χ4n) is 2.89. The molecule has 0 bridgehead atoms. The summed E-state index contributed by atoms with van der Waals surface area (Å²) in [6.45, 7) is 6.74. The van der Waals surface area contributed by atoms with Crippen molar-refractivity contribution in [2.75, 3.05) is 19.7 Å². The maximum absolute atomic E-state index is 11.6. The van der Waals surface area contributed by atoms with Crippen LogP contribution in [0.5, 0.6) is 0 Å². The molecule has 0 unspecified atom stereocenters. The molecule has 1 aliphatic heterocycles. The number of fused-ring (bicyclic) bond motifs is 1. The Balaban J connectivity index is 1.93. The van der Waals surface area contributed by atoms with Crippen LogP contribution in [0, 0.1) is 0 Å². The maximum Gasteiger partial charge on any atom is 0.339 e. The number of para-hydroxylation sites is 1. The highest BCUT2D eigenvalue weighted by molar-refractivity contribution is 6.03. The predicted octanol–water partition coefficient (Wildman–Crippen LogP) is 2.74. The first kappa shape index (κ1) is 14.1. The third-order valence-electron chi connectivity index (χ3n) is 3.75. The van der Waals surface area contributed by atoms with Gasteiger partial charge >= 0.3 is 5.97 Å². The molecule has 1 fully saturated rings. The van der Waals surface area contributed by atoms with E-state index in [2.05, 4.69) is 4.90 Å². The maximum atomic E-state index is 11.6. The second-order valence-corrected chi connectivity index (χ2v) is 6.02. The van der Waals surface area contributed by atoms with E-state index in [-0.39, 0.29) is 11.2 Å². The highest BCUT2D eigenvalue weighted by Gasteiger charge is 2.29. The van der Waals surface area contributed by atoms with Gasteiger partial charge in [-0.2, -0.15) is 0 Å². The van der Waals surface area contributed by atoms with Crippen LogP contribution in [0.4, 0.5) is 0 Å². The van der Waals surface area contributed by atoms with Crippen LogP contribution in [0.3, 0.4) is 0 Å². The SMILES string of the molecule is CC1(C)CN(Cc2oc3ccccc3c2C(=O)O)CCO1. The van der Waals surface area contributed by atoms with Crippen LogP contribution in [-0.4, -0.2) is 41.3 Å². The first-order chi connectivity index (χ1) is 9.96. The topological polar surface area (TPSA) is 62.9 Å². The summed E-state index contributed by atoms with van der Waals surface area (Å²) in [7, 11) is 0. The standard InChI is InChI=1S/C16H19NO4/c1-16(2)10-17(7-8-20-16)9-13-14(15(18)19)11-5-3-4-6-12(11)21-13/h3-6H,7-10H2,1-2H3,(H,18,19). The van der Waals surface area contributed by atoms with Crippen LogP contribution < -0.4 is 0 Å². The summed E-state index contributed by atoms with van der Waals surface area (Å²) < 4.78 is 11.4. The Morgan fingerprint density at radius 1 is 1.38 bits per heavy atom. The first-order valence-corrected chi connectivity index (χ1v) is 7.06. The molecule has 0 saturated carbocycles. The minimum Gasteiger partial charge on any atom is -0.478 e. The second-order valence-electron chi connectivity index (χ2n) is 6.02. The number of hydrogen-bond acceptors (Lipinski definition) is 4. The molecule has 3 rings (SSSR count). The van der Waals surface area contributed by atoms with Gasteiger partial charge in [0.1, 0.15) is 16.9 Å². The summed E-state index contributed by atoms with van der Waals surface area (Å²) in [6.07, 6.45) is 0. The Morgan fingerprint density at radius 3 is 2.86 bits per heavy atom. The highest BCUT2D eigenvalue weighted by Crippen LogP contribution is 2.28. The molecule has 2 aromatic rings. The fourth-order valence-corrected chi connectivity index (χ4v) is 2.89. The number of hydrogen-bond donors (Lipinski definition) is 1. The van der Waals surface area contributed by atoms with Crippen molar-refractivity contribution < 1.29 is 19.1 Å². The third kappa shape index (κ3) is 2.80. The van der Waals surface area contributed by atoms with Gasteiger partial charge in [0.15, 0.2) is 0 Å². The van der Waals surface area contributed by atoms with Gasteiger partial charge in [0.2, 0.25) is 0 Å². The minimum atomic E-state index is -0.942. The van der Waals surface area contributed by atoms with E-state index in [1.54, 1.807) is 12.1 Å². The molecule has 0 spiro atoms. The van der Waals surface area contributed by atoms with Crippen molar-refractivity contribution in [2.24, 2.45) is 0 Å². The smallest absolute Gasteiger partial charge is 0.339 e. The Bertz CT molecular complexity index is 674. The van der Waals surface area contributed by atoms with Crippen molar-refractivity contribution in [3.63, 3.8) is 0 Å². The van der Waals surface area contributed by atoms with Gasteiger partial charge in [-0.15, -0.1) is 0 Å². The number of morpholine rings is 1. The van der Waals surface area contributed by atoms with Gasteiger partial charge < -0.3 is 14.3 Å². The molecule has 5 nitrogen and oxygen atoms in total. The van der Waals surface area contributed by atoms with Gasteiger partial charge in [-0.05, 0) is 19.9 Å². The molecule has 5 heteroatoms. The van der Waals surface area contributed by atoms with Crippen LogP contribution in [0.2, 0.25) is 0 Å². The first-order valence-electron chi connectivity index (χ1n) is 7.06. The zero-order valence-corrected chi connectivity index (χ0v) is 12.3. The lowest BCUT2D eigenvalue weighted by molar-refractivity contribution is -0.0894. The third-order valence-corrected chi connectivity index (χ3v) is 3.75. The Kier molecular flexibility index (Phi) is 3.47. The fraction of sp³-hybridized carbons (Fsp3) is 0.438. The van der Waals surface area contributed by atoms with Crippen molar-refractivity contribution >= 4 is 16.9 Å². The van der Waals surface area contributed by atoms with Crippen LogP contribution in [0.25, 0.3) is 11.0 Å². The Hall–Kier alpha value is -1.85. The molecule has 1 aliphatic rings. The largest absolute Gasteiger partial charge is 0.478 e. The van der Waals surface area contributed by atoms with Crippen LogP contribution in [0.15, 0.2) is 28.7 Å². The van der Waals surface area contributed by atoms with Crippen molar-refractivity contribution in [3.05, 3.63) is 35.6 Å². The molecule has 0 amide bonds. The molecule has 2 heterocycles. The van der Waals surface area contributed by atoms with Crippen molar-refractivity contribution in [1.82, 2.24) is 4.90 Å². The quantitative estimate of drug-likeness (QED) is 0.941. The van der Waals surface area contributed by atoms with Crippen molar-refractivity contribution in [1.29, 1.82) is 0 Å². The summed E-state index contributed by atoms with van der Waals surface area (Å²) in [4.78, 5) is 13.7. The molecule has 1 saturated heterocycles. The summed E-state index contributed by atoms with van der Waals surface area (Å²) in [5.74, 6) is -0.427. The summed E-state index contributed by atoms with van der Waals surface area (Å²) in [5, 5.41) is 10.1. The number of nitrogens with zero attached hydrogens (tertiary/aromatic N) is 1. The van der Waals surface area contributed by atoms with E-state index in [4.69, 9.17) is 9.15 Å². The number of carbonyl (C=O) groups is 1. The number of aromatic carboxylic acids is 1. The molecule has 1 aromatic carbocycles. The predicted molar refractivity (Wildman–Crippen MR) is 78.5 cm³/mol. The zero-order chi connectivity index (χ0) is 15.0. The van der Waals surface area contributed by atoms with Gasteiger partial charge in [-0.1, -0.05) is 18.2 Å². The van der Waals surface area contributed by atoms with E-state index in [0.717, 1.165) is 13.1 Å². The number of benzene rings is 1. The molecule has 0 atom stereocenters. The lowest BCUT2D eigenvalue weighted by atomic mass is 10.1. The summed E-state index contributed by atoms with van der Waals surface area (Å²) in [6, 6.07) is 7.26. The molecule has 0 aliphatic carbocycles. The molecular formula is C16H19NO4. The van der Waals surface area contributed by atoms with Gasteiger partial charge in [0, 0.05) is 18.5 Å². The number of carboxylic acid groups (broad SMARTS) is 1. The Labute approximate surface area is 123 Å². The van der Waals surface area contributed by atoms with E-state index in [1.165, 1.54) is 0 Å². The highest BCUT2D eigenvalue weighted by atomic mass is 16.5. The minimum absolute atomic E-state index is 0.215. The van der Waals surface area contributed by atoms with Crippen LogP contribution in [0.1, 0.15) is 30.0 Å². The summed E-state index contributed by atoms with van der Waals surface area (Å²) >= 11 is 0. The Morgan fingerprint density at radius 2 is 2.14 bits per heavy atom. The van der Waals surface area contributed by atoms with E-state index < -0.39 is 5.97 Å². The monoisotopic (exact) mass is 289 g/mol. The summed E-state index contributed by atoms with van der Waals surface area (Å²) in [5.41, 5.74) is 0.681. The molecule has 21 heavy (non-hydrogen) atoms. The normalized spacial score (nSPS) is 19.0. The van der Waals surface area contributed by atoms with E-state index in [1.807, 2.05) is 26.0 Å². The molecule has 0 radical (unpaired) electrons. The van der Waals surface area contributed by atoms with E-state index >= 15 is 0 Å². The molecule has 112 valence electrons. The molecule has 1 aromatic heterocycles. The lowest BCUT2D eigenvalue weighted by Gasteiger charge is -2.37. The van der Waals surface area contributed by atoms with Crippen molar-refractivity contribution in [3.8, 4) is 0 Å². The number of carboxylic acids is 1. The second kappa shape index (κ2) is 5.16. The van der Waals surface area contributed by atoms with Crippen LogP contribution in [-0.2, 0) is 11.3 Å². The number of ether oxygens (including phenoxy) is 1. The van der Waals surface area contributed by atoms with E-state index in [0.29, 0.717) is 29.9 Å². The molecule has 1 N–H and O–H groups in total. The molecular weight excluding hydrogens is 270 g/mol. The van der Waals surface area contributed by atoms with Gasteiger partial charge in [0.05, 0.1) is 18.8 Å². The number of rotatable bonds is 3. The van der Waals surface area contributed by atoms with Crippen LogP contribution >= 0.6 is 0 Å². The van der Waals surface area contributed by atoms with Crippen molar-refractivity contribution in [2.45, 2.75) is 26.0 Å². The van der Waals surface area contributed by atoms with Gasteiger partial charge in [0.25, 0.3) is 0 Å². The average Bonchev–Trinajstić information content (AvgIpc) is 2.75. The van der Waals surface area contributed by atoms with Gasteiger partial charge in [-0.25, -0.2) is 4.79 Å². The van der Waals surface area contributed by atoms with E-state index in [9.17, 15) is 9.90 Å². The number of furan rings is 1. The zero-order valence-electron chi connectivity index (χ0n) is 12.3. The lowest BCUT2D eigenvalue weighted by Crippen LogP contribution is -2.47. The average molecular weight is 289 g/mol.